The summed E-state index contributed by atoms with van der Waals surface area (Å²) in [6.07, 6.45) is -4.53. The predicted molar refractivity (Wildman–Crippen MR) is 119 cm³/mol. The molecule has 1 aliphatic heterocycles. The monoisotopic (exact) mass is 451 g/mol. The molecule has 5 nitrogen and oxygen atoms in total. The molecular formula is C25H20F3N3O2. The minimum absolute atomic E-state index is 0.00482. The zero-order valence-electron chi connectivity index (χ0n) is 17.5. The van der Waals surface area contributed by atoms with Crippen molar-refractivity contribution < 1.29 is 22.8 Å². The molecule has 0 spiro atoms. The zero-order chi connectivity index (χ0) is 23.6. The average molecular weight is 451 g/mol. The Morgan fingerprint density at radius 2 is 1.58 bits per heavy atom. The van der Waals surface area contributed by atoms with Gasteiger partial charge in [0.1, 0.15) is 0 Å². The normalized spacial score (nSPS) is 16.1. The number of anilines is 1. The van der Waals surface area contributed by atoms with Crippen molar-refractivity contribution in [3.63, 3.8) is 0 Å². The van der Waals surface area contributed by atoms with Crippen LogP contribution in [-0.4, -0.2) is 11.9 Å². The molecule has 0 radical (unpaired) electrons. The van der Waals surface area contributed by atoms with Crippen LogP contribution in [0, 0.1) is 0 Å². The molecule has 3 aromatic carbocycles. The Balaban J connectivity index is 1.62. The van der Waals surface area contributed by atoms with Crippen molar-refractivity contribution in [2.24, 2.45) is 0 Å². The summed E-state index contributed by atoms with van der Waals surface area (Å²) in [4.78, 5) is 25.2. The van der Waals surface area contributed by atoms with Crippen LogP contribution in [-0.2, 0) is 11.0 Å². The first-order valence-corrected chi connectivity index (χ1v) is 10.1. The molecule has 1 atom stereocenters. The van der Waals surface area contributed by atoms with Crippen molar-refractivity contribution in [2.45, 2.75) is 19.1 Å². The molecule has 0 bridgehead atoms. The average Bonchev–Trinajstić information content (AvgIpc) is 2.79. The van der Waals surface area contributed by atoms with Gasteiger partial charge >= 0.3 is 12.2 Å². The van der Waals surface area contributed by atoms with E-state index < -0.39 is 29.7 Å². The quantitative estimate of drug-likeness (QED) is 0.481. The third kappa shape index (κ3) is 4.90. The topological polar surface area (TPSA) is 70.2 Å². The Kier molecular flexibility index (Phi) is 5.91. The van der Waals surface area contributed by atoms with Gasteiger partial charge in [0.25, 0.3) is 5.91 Å². The molecule has 1 heterocycles. The number of urea groups is 1. The van der Waals surface area contributed by atoms with E-state index in [1.54, 1.807) is 6.92 Å². The van der Waals surface area contributed by atoms with Crippen molar-refractivity contribution in [3.8, 4) is 11.1 Å². The summed E-state index contributed by atoms with van der Waals surface area (Å²) in [6.45, 7) is 1.57. The summed E-state index contributed by atoms with van der Waals surface area (Å²) in [6, 6.07) is 20.3. The van der Waals surface area contributed by atoms with Crippen molar-refractivity contribution >= 4 is 17.6 Å². The lowest BCUT2D eigenvalue weighted by Gasteiger charge is -2.29. The molecule has 3 N–H and O–H groups in total. The summed E-state index contributed by atoms with van der Waals surface area (Å²) in [5, 5.41) is 7.80. The van der Waals surface area contributed by atoms with Crippen LogP contribution < -0.4 is 16.0 Å². The minimum Gasteiger partial charge on any atom is -0.327 e. The van der Waals surface area contributed by atoms with Crippen molar-refractivity contribution in [3.05, 3.63) is 101 Å². The maximum atomic E-state index is 13.1. The summed E-state index contributed by atoms with van der Waals surface area (Å²) in [5.41, 5.74) is 2.32. The number of hydrogen-bond donors (Lipinski definition) is 3. The molecule has 0 saturated carbocycles. The molecule has 3 amide bonds. The smallest absolute Gasteiger partial charge is 0.327 e. The van der Waals surface area contributed by atoms with Crippen LogP contribution in [0.4, 0.5) is 23.7 Å². The van der Waals surface area contributed by atoms with Gasteiger partial charge in [0.2, 0.25) is 0 Å². The van der Waals surface area contributed by atoms with Gasteiger partial charge in [-0.1, -0.05) is 60.7 Å². The number of rotatable bonds is 4. The highest BCUT2D eigenvalue weighted by atomic mass is 19.4. The highest BCUT2D eigenvalue weighted by molar-refractivity contribution is 6.06. The van der Waals surface area contributed by atoms with Crippen LogP contribution in [0.2, 0.25) is 0 Å². The van der Waals surface area contributed by atoms with Gasteiger partial charge in [0.05, 0.1) is 17.2 Å². The third-order valence-corrected chi connectivity index (χ3v) is 5.31. The molecule has 0 aliphatic carbocycles. The largest absolute Gasteiger partial charge is 0.416 e. The summed E-state index contributed by atoms with van der Waals surface area (Å²) in [5.74, 6) is -0.614. The summed E-state index contributed by atoms with van der Waals surface area (Å²) in [7, 11) is 0. The van der Waals surface area contributed by atoms with E-state index in [0.717, 1.165) is 23.3 Å². The number of carbonyl (C=O) groups is 2. The zero-order valence-corrected chi connectivity index (χ0v) is 17.5. The third-order valence-electron chi connectivity index (χ3n) is 5.31. The van der Waals surface area contributed by atoms with E-state index in [2.05, 4.69) is 16.0 Å². The fraction of sp³-hybridized carbons (Fsp3) is 0.120. The number of nitrogens with one attached hydrogen (secondary N) is 3. The number of alkyl halides is 3. The Morgan fingerprint density at radius 1 is 0.909 bits per heavy atom. The van der Waals surface area contributed by atoms with E-state index in [1.807, 2.05) is 54.6 Å². The maximum Gasteiger partial charge on any atom is 0.416 e. The molecule has 8 heteroatoms. The second-order valence-electron chi connectivity index (χ2n) is 7.59. The minimum atomic E-state index is -4.53. The van der Waals surface area contributed by atoms with E-state index in [4.69, 9.17) is 0 Å². The van der Waals surface area contributed by atoms with E-state index in [-0.39, 0.29) is 11.3 Å². The summed E-state index contributed by atoms with van der Waals surface area (Å²) < 4.78 is 39.1. The molecule has 1 aliphatic rings. The first-order chi connectivity index (χ1) is 15.7. The second-order valence-corrected chi connectivity index (χ2v) is 7.59. The number of carbonyl (C=O) groups excluding carboxylic acids is 2. The summed E-state index contributed by atoms with van der Waals surface area (Å²) >= 11 is 0. The number of allylic oxidation sites excluding steroid dienone is 1. The van der Waals surface area contributed by atoms with E-state index >= 15 is 0 Å². The highest BCUT2D eigenvalue weighted by Crippen LogP contribution is 2.32. The lowest BCUT2D eigenvalue weighted by Crippen LogP contribution is -2.45. The van der Waals surface area contributed by atoms with Crippen LogP contribution in [0.5, 0.6) is 0 Å². The van der Waals surface area contributed by atoms with Gasteiger partial charge in [-0.3, -0.25) is 4.79 Å². The predicted octanol–water partition coefficient (Wildman–Crippen LogP) is 5.64. The van der Waals surface area contributed by atoms with Crippen molar-refractivity contribution in [1.82, 2.24) is 10.6 Å². The van der Waals surface area contributed by atoms with Gasteiger partial charge in [-0.25, -0.2) is 4.79 Å². The van der Waals surface area contributed by atoms with Gasteiger partial charge < -0.3 is 16.0 Å². The first-order valence-electron chi connectivity index (χ1n) is 10.1. The van der Waals surface area contributed by atoms with Crippen LogP contribution in [0.3, 0.4) is 0 Å². The van der Waals surface area contributed by atoms with Crippen LogP contribution in [0.1, 0.15) is 24.1 Å². The van der Waals surface area contributed by atoms with E-state index in [0.29, 0.717) is 11.3 Å². The lowest BCUT2D eigenvalue weighted by molar-refractivity contribution is -0.137. The first kappa shape index (κ1) is 22.1. The van der Waals surface area contributed by atoms with Crippen LogP contribution >= 0.6 is 0 Å². The van der Waals surface area contributed by atoms with Gasteiger partial charge in [0.15, 0.2) is 0 Å². The fourth-order valence-corrected chi connectivity index (χ4v) is 3.72. The van der Waals surface area contributed by atoms with Gasteiger partial charge in [-0.05, 0) is 41.8 Å². The molecular weight excluding hydrogens is 431 g/mol. The maximum absolute atomic E-state index is 13.1. The number of amides is 3. The number of halogens is 3. The molecule has 4 rings (SSSR count). The number of hydrogen-bond acceptors (Lipinski definition) is 2. The van der Waals surface area contributed by atoms with Crippen LogP contribution in [0.25, 0.3) is 11.1 Å². The van der Waals surface area contributed by atoms with Crippen molar-refractivity contribution in [1.29, 1.82) is 0 Å². The Bertz CT molecular complexity index is 1220. The Hall–Kier alpha value is -4.07. The molecule has 0 fully saturated rings. The van der Waals surface area contributed by atoms with Crippen LogP contribution in [0.15, 0.2) is 90.1 Å². The van der Waals surface area contributed by atoms with Gasteiger partial charge in [-0.2, -0.15) is 13.2 Å². The number of benzene rings is 3. The molecule has 0 unspecified atom stereocenters. The standard InChI is InChI=1S/C25H20F3N3O2/c1-15-21(23(32)30-20-9-5-8-19(14-20)25(26,27)28)22(31-24(33)29-15)18-12-10-17(11-13-18)16-6-3-2-4-7-16/h2-14,22H,1H3,(H,30,32)(H2,29,31,33)/t22-/m1/s1. The fourth-order valence-electron chi connectivity index (χ4n) is 3.72. The Morgan fingerprint density at radius 3 is 2.24 bits per heavy atom. The molecule has 33 heavy (non-hydrogen) atoms. The molecule has 168 valence electrons. The molecule has 0 aromatic heterocycles. The van der Waals surface area contributed by atoms with Gasteiger partial charge in [0, 0.05) is 11.4 Å². The lowest BCUT2D eigenvalue weighted by atomic mass is 9.93. The van der Waals surface area contributed by atoms with Crippen molar-refractivity contribution in [2.75, 3.05) is 5.32 Å². The van der Waals surface area contributed by atoms with E-state index in [9.17, 15) is 22.8 Å². The molecule has 3 aromatic rings. The SMILES string of the molecule is CC1=C(C(=O)Nc2cccc(C(F)(F)F)c2)[C@@H](c2ccc(-c3ccccc3)cc2)NC(=O)N1. The Labute approximate surface area is 188 Å². The van der Waals surface area contributed by atoms with Gasteiger partial charge in [-0.15, -0.1) is 0 Å². The second kappa shape index (κ2) is 8.82. The highest BCUT2D eigenvalue weighted by Gasteiger charge is 2.33. The van der Waals surface area contributed by atoms with E-state index in [1.165, 1.54) is 12.1 Å². The molecule has 0 saturated heterocycles.